The molecule has 1 aliphatic rings. The first-order valence-electron chi connectivity index (χ1n) is 8.88. The van der Waals surface area contributed by atoms with Crippen molar-refractivity contribution in [1.82, 2.24) is 19.6 Å². The van der Waals surface area contributed by atoms with E-state index in [0.29, 0.717) is 0 Å². The first kappa shape index (κ1) is 16.6. The molecule has 3 aromatic rings. The number of halogens is 1. The van der Waals surface area contributed by atoms with E-state index in [2.05, 4.69) is 45.1 Å². The van der Waals surface area contributed by atoms with Crippen molar-refractivity contribution in [2.45, 2.75) is 19.9 Å². The van der Waals surface area contributed by atoms with Crippen molar-refractivity contribution in [1.29, 1.82) is 0 Å². The molecule has 0 bridgehead atoms. The summed E-state index contributed by atoms with van der Waals surface area (Å²) < 4.78 is 2.22. The maximum absolute atomic E-state index is 6.22. The Kier molecular flexibility index (Phi) is 4.75. The van der Waals surface area contributed by atoms with Crippen molar-refractivity contribution in [3.8, 4) is 11.3 Å². The second kappa shape index (κ2) is 7.16. The normalized spacial score (nSPS) is 16.2. The van der Waals surface area contributed by atoms with E-state index in [9.17, 15) is 0 Å². The van der Waals surface area contributed by atoms with Gasteiger partial charge in [0.05, 0.1) is 11.4 Å². The van der Waals surface area contributed by atoms with Crippen LogP contribution in [0.15, 0.2) is 42.6 Å². The molecular formula is C20H23ClN4. The van der Waals surface area contributed by atoms with E-state index in [1.807, 2.05) is 19.1 Å². The highest BCUT2D eigenvalue weighted by Gasteiger charge is 2.18. The van der Waals surface area contributed by atoms with Gasteiger partial charge in [-0.25, -0.2) is 4.98 Å². The second-order valence-corrected chi connectivity index (χ2v) is 7.09. The van der Waals surface area contributed by atoms with Crippen LogP contribution in [0.2, 0.25) is 5.02 Å². The van der Waals surface area contributed by atoms with E-state index in [1.54, 1.807) is 0 Å². The van der Waals surface area contributed by atoms with Gasteiger partial charge in [0.15, 0.2) is 0 Å². The molecule has 0 aliphatic carbocycles. The number of hydrogen-bond acceptors (Lipinski definition) is 3. The fraction of sp³-hybridized carbons (Fsp3) is 0.350. The summed E-state index contributed by atoms with van der Waals surface area (Å²) in [7, 11) is 0. The van der Waals surface area contributed by atoms with Crippen molar-refractivity contribution in [2.24, 2.45) is 0 Å². The predicted molar refractivity (Wildman–Crippen MR) is 103 cm³/mol. The van der Waals surface area contributed by atoms with Gasteiger partial charge in [0, 0.05) is 36.4 Å². The quantitative estimate of drug-likeness (QED) is 0.777. The second-order valence-electron chi connectivity index (χ2n) is 6.68. The van der Waals surface area contributed by atoms with Crippen LogP contribution in [0.5, 0.6) is 0 Å². The molecule has 4 rings (SSSR count). The Morgan fingerprint density at radius 1 is 1.16 bits per heavy atom. The zero-order valence-corrected chi connectivity index (χ0v) is 15.3. The predicted octanol–water partition coefficient (Wildman–Crippen LogP) is 3.76. The fourth-order valence-corrected chi connectivity index (χ4v) is 3.61. The molecule has 0 radical (unpaired) electrons. The van der Waals surface area contributed by atoms with Crippen molar-refractivity contribution in [3.05, 3.63) is 58.9 Å². The van der Waals surface area contributed by atoms with Crippen molar-refractivity contribution >= 4 is 17.2 Å². The maximum atomic E-state index is 6.22. The van der Waals surface area contributed by atoms with E-state index in [1.165, 1.54) is 12.1 Å². The SMILES string of the molecule is Cc1cc(-c2nc3ccccn3c2CN2CCCNCC2)ccc1Cl. The number of rotatable bonds is 3. The molecule has 0 atom stereocenters. The first-order valence-corrected chi connectivity index (χ1v) is 9.26. The molecule has 0 unspecified atom stereocenters. The van der Waals surface area contributed by atoms with Crippen LogP contribution in [0.1, 0.15) is 17.7 Å². The number of aryl methyl sites for hydroxylation is 1. The molecule has 2 aromatic heterocycles. The molecule has 130 valence electrons. The Labute approximate surface area is 153 Å². The zero-order chi connectivity index (χ0) is 17.2. The van der Waals surface area contributed by atoms with Crippen molar-refractivity contribution in [2.75, 3.05) is 26.2 Å². The number of nitrogens with zero attached hydrogens (tertiary/aromatic N) is 3. The molecule has 1 N–H and O–H groups in total. The van der Waals surface area contributed by atoms with Gasteiger partial charge in [-0.3, -0.25) is 4.90 Å². The molecular weight excluding hydrogens is 332 g/mol. The highest BCUT2D eigenvalue weighted by molar-refractivity contribution is 6.31. The molecule has 4 nitrogen and oxygen atoms in total. The van der Waals surface area contributed by atoms with E-state index < -0.39 is 0 Å². The molecule has 1 aromatic carbocycles. The van der Waals surface area contributed by atoms with Gasteiger partial charge in [-0.1, -0.05) is 23.7 Å². The topological polar surface area (TPSA) is 32.6 Å². The summed E-state index contributed by atoms with van der Waals surface area (Å²) in [5.74, 6) is 0. The smallest absolute Gasteiger partial charge is 0.137 e. The average Bonchev–Trinajstić information content (AvgIpc) is 2.79. The van der Waals surface area contributed by atoms with Gasteiger partial charge in [0.1, 0.15) is 5.65 Å². The lowest BCUT2D eigenvalue weighted by atomic mass is 10.1. The standard InChI is InChI=1S/C20H23ClN4/c1-15-13-16(6-7-17(15)21)20-18(14-24-10-4-8-22-9-12-24)25-11-3-2-5-19(25)23-20/h2-3,5-7,11,13,22H,4,8-10,12,14H2,1H3. The van der Waals surface area contributed by atoms with Crippen molar-refractivity contribution < 1.29 is 0 Å². The average molecular weight is 355 g/mol. The van der Waals surface area contributed by atoms with Gasteiger partial charge >= 0.3 is 0 Å². The van der Waals surface area contributed by atoms with Crippen LogP contribution in [-0.4, -0.2) is 40.5 Å². The van der Waals surface area contributed by atoms with E-state index >= 15 is 0 Å². The summed E-state index contributed by atoms with van der Waals surface area (Å²) in [4.78, 5) is 7.44. The number of benzene rings is 1. The minimum atomic E-state index is 0.799. The molecule has 1 saturated heterocycles. The molecule has 25 heavy (non-hydrogen) atoms. The Bertz CT molecular complexity index is 879. The van der Waals surface area contributed by atoms with Gasteiger partial charge in [0.2, 0.25) is 0 Å². The molecule has 5 heteroatoms. The molecule has 0 spiro atoms. The number of fused-ring (bicyclic) bond motifs is 1. The number of aromatic nitrogens is 2. The van der Waals surface area contributed by atoms with Gasteiger partial charge in [-0.2, -0.15) is 0 Å². The van der Waals surface area contributed by atoms with Crippen LogP contribution in [0.4, 0.5) is 0 Å². The third-order valence-corrected chi connectivity index (χ3v) is 5.29. The summed E-state index contributed by atoms with van der Waals surface area (Å²) in [5, 5.41) is 4.27. The number of hydrogen-bond donors (Lipinski definition) is 1. The van der Waals surface area contributed by atoms with Crippen LogP contribution >= 0.6 is 11.6 Å². The van der Waals surface area contributed by atoms with E-state index in [-0.39, 0.29) is 0 Å². The Balaban J connectivity index is 1.78. The summed E-state index contributed by atoms with van der Waals surface area (Å²) in [6.45, 7) is 7.29. The Morgan fingerprint density at radius 3 is 2.96 bits per heavy atom. The van der Waals surface area contributed by atoms with Gasteiger partial charge < -0.3 is 9.72 Å². The summed E-state index contributed by atoms with van der Waals surface area (Å²) in [6, 6.07) is 12.4. The number of imidazole rings is 1. The lowest BCUT2D eigenvalue weighted by molar-refractivity contribution is 0.281. The molecule has 3 heterocycles. The summed E-state index contributed by atoms with van der Waals surface area (Å²) in [5.41, 5.74) is 5.52. The van der Waals surface area contributed by atoms with Crippen LogP contribution < -0.4 is 5.32 Å². The lowest BCUT2D eigenvalue weighted by Crippen LogP contribution is -2.28. The Morgan fingerprint density at radius 2 is 2.08 bits per heavy atom. The summed E-state index contributed by atoms with van der Waals surface area (Å²) >= 11 is 6.22. The third-order valence-electron chi connectivity index (χ3n) is 4.87. The number of pyridine rings is 1. The minimum absolute atomic E-state index is 0.799. The van der Waals surface area contributed by atoms with Crippen LogP contribution in [0.25, 0.3) is 16.9 Å². The monoisotopic (exact) mass is 354 g/mol. The van der Waals surface area contributed by atoms with E-state index in [4.69, 9.17) is 16.6 Å². The van der Waals surface area contributed by atoms with Gasteiger partial charge in [-0.15, -0.1) is 0 Å². The largest absolute Gasteiger partial charge is 0.315 e. The lowest BCUT2D eigenvalue weighted by Gasteiger charge is -2.20. The highest BCUT2D eigenvalue weighted by Crippen LogP contribution is 2.28. The van der Waals surface area contributed by atoms with Gasteiger partial charge in [0.25, 0.3) is 0 Å². The molecule has 1 aliphatic heterocycles. The van der Waals surface area contributed by atoms with Crippen LogP contribution in [-0.2, 0) is 6.54 Å². The van der Waals surface area contributed by atoms with Crippen LogP contribution in [0.3, 0.4) is 0 Å². The molecule has 0 amide bonds. The van der Waals surface area contributed by atoms with Crippen LogP contribution in [0, 0.1) is 6.92 Å². The molecule has 1 fully saturated rings. The van der Waals surface area contributed by atoms with E-state index in [0.717, 1.165) is 60.2 Å². The number of nitrogens with one attached hydrogen (secondary N) is 1. The first-order chi connectivity index (χ1) is 12.2. The van der Waals surface area contributed by atoms with Crippen molar-refractivity contribution in [3.63, 3.8) is 0 Å². The van der Waals surface area contributed by atoms with Gasteiger partial charge in [-0.05, 0) is 56.3 Å². The minimum Gasteiger partial charge on any atom is -0.315 e. The zero-order valence-electron chi connectivity index (χ0n) is 14.5. The highest BCUT2D eigenvalue weighted by atomic mass is 35.5. The maximum Gasteiger partial charge on any atom is 0.137 e. The fourth-order valence-electron chi connectivity index (χ4n) is 3.49. The summed E-state index contributed by atoms with van der Waals surface area (Å²) in [6.07, 6.45) is 3.30. The third kappa shape index (κ3) is 3.43. The molecule has 0 saturated carbocycles. The Hall–Kier alpha value is -1.88.